The predicted octanol–water partition coefficient (Wildman–Crippen LogP) is 3.70. The number of likely N-dealkylation sites (tertiary alicyclic amines) is 1. The van der Waals surface area contributed by atoms with E-state index in [1.165, 1.54) is 0 Å². The van der Waals surface area contributed by atoms with E-state index in [2.05, 4.69) is 17.6 Å². The van der Waals surface area contributed by atoms with Crippen molar-refractivity contribution in [2.24, 2.45) is 23.7 Å². The third-order valence-corrected chi connectivity index (χ3v) is 10.6. The van der Waals surface area contributed by atoms with Crippen LogP contribution in [-0.2, 0) is 35.1 Å². The molecule has 4 amide bonds. The SMILES string of the molecule is CC[C@H](C)[C@@H]([C@@H](CC(=O)N1CCC[C@H]1[C@H](OC)[C@@H](C)C(=O)NCCc1ccc(O)cc1)OC)N(C)C(=O)[C@@H](NC(=O)[C@H](C(C)C)N(C)C)C(C)C. The molecule has 0 aliphatic carbocycles. The van der Waals surface area contributed by atoms with E-state index in [4.69, 9.17) is 9.47 Å². The second kappa shape index (κ2) is 20.7. The molecule has 1 aliphatic rings. The van der Waals surface area contributed by atoms with E-state index in [-0.39, 0.29) is 65.6 Å². The Morgan fingerprint density at radius 1 is 0.941 bits per heavy atom. The van der Waals surface area contributed by atoms with Crippen molar-refractivity contribution in [3.63, 3.8) is 0 Å². The summed E-state index contributed by atoms with van der Waals surface area (Å²) >= 11 is 0. The number of carbonyl (C=O) groups is 4. The van der Waals surface area contributed by atoms with Crippen LogP contribution < -0.4 is 10.6 Å². The van der Waals surface area contributed by atoms with Crippen molar-refractivity contribution in [1.82, 2.24) is 25.3 Å². The number of likely N-dealkylation sites (N-methyl/N-ethyl adjacent to an activating group) is 2. The fraction of sp³-hybridized carbons (Fsp3) is 0.744. The highest BCUT2D eigenvalue weighted by atomic mass is 16.5. The number of methoxy groups -OCH3 is 2. The van der Waals surface area contributed by atoms with Crippen LogP contribution in [0, 0.1) is 23.7 Å². The molecule has 1 aromatic rings. The number of hydrogen-bond acceptors (Lipinski definition) is 8. The summed E-state index contributed by atoms with van der Waals surface area (Å²) in [6.07, 6.45) is 1.82. The lowest BCUT2D eigenvalue weighted by Crippen LogP contribution is -2.59. The Hall–Kier alpha value is -3.22. The Labute approximate surface area is 307 Å². The number of phenolic OH excluding ortho intramolecular Hbond substituents is 1. The minimum Gasteiger partial charge on any atom is -0.508 e. The van der Waals surface area contributed by atoms with Crippen LogP contribution in [0.15, 0.2) is 24.3 Å². The van der Waals surface area contributed by atoms with Gasteiger partial charge in [0.2, 0.25) is 23.6 Å². The monoisotopic (exact) mass is 718 g/mol. The first kappa shape index (κ1) is 43.9. The minimum absolute atomic E-state index is 0.00297. The van der Waals surface area contributed by atoms with Gasteiger partial charge in [-0.05, 0) is 68.8 Å². The van der Waals surface area contributed by atoms with Gasteiger partial charge in [0.25, 0.3) is 0 Å². The summed E-state index contributed by atoms with van der Waals surface area (Å²) in [4.78, 5) is 60.3. The van der Waals surface area contributed by atoms with Crippen molar-refractivity contribution in [3.8, 4) is 5.75 Å². The van der Waals surface area contributed by atoms with Gasteiger partial charge in [-0.25, -0.2) is 0 Å². The van der Waals surface area contributed by atoms with Crippen molar-refractivity contribution in [2.75, 3.05) is 48.5 Å². The molecule has 2 rings (SSSR count). The van der Waals surface area contributed by atoms with Crippen molar-refractivity contribution in [2.45, 2.75) is 117 Å². The van der Waals surface area contributed by atoms with Gasteiger partial charge < -0.3 is 35.0 Å². The Bertz CT molecular complexity index is 1250. The first-order valence-corrected chi connectivity index (χ1v) is 18.6. The highest BCUT2D eigenvalue weighted by molar-refractivity contribution is 5.90. The second-order valence-corrected chi connectivity index (χ2v) is 15.2. The molecule has 290 valence electrons. The number of benzene rings is 1. The number of rotatable bonds is 20. The van der Waals surface area contributed by atoms with Crippen LogP contribution in [0.1, 0.15) is 79.7 Å². The molecule has 12 heteroatoms. The quantitative estimate of drug-likeness (QED) is 0.186. The molecule has 0 aromatic heterocycles. The third-order valence-electron chi connectivity index (χ3n) is 10.6. The number of ether oxygens (including phenoxy) is 2. The molecule has 0 radical (unpaired) electrons. The Morgan fingerprint density at radius 3 is 2.08 bits per heavy atom. The zero-order valence-electron chi connectivity index (χ0n) is 33.3. The summed E-state index contributed by atoms with van der Waals surface area (Å²) in [7, 11) is 8.61. The molecule has 1 saturated heterocycles. The molecule has 1 fully saturated rings. The molecule has 0 saturated carbocycles. The van der Waals surface area contributed by atoms with Crippen molar-refractivity contribution in [1.29, 1.82) is 0 Å². The van der Waals surface area contributed by atoms with Crippen molar-refractivity contribution >= 4 is 23.6 Å². The van der Waals surface area contributed by atoms with Gasteiger partial charge in [-0.15, -0.1) is 0 Å². The normalized spacial score (nSPS) is 19.0. The molecule has 51 heavy (non-hydrogen) atoms. The van der Waals surface area contributed by atoms with E-state index in [0.29, 0.717) is 25.9 Å². The van der Waals surface area contributed by atoms with Crippen molar-refractivity contribution < 1.29 is 33.8 Å². The molecule has 3 N–H and O–H groups in total. The first-order chi connectivity index (χ1) is 24.0. The number of amides is 4. The molecule has 1 heterocycles. The number of phenols is 1. The van der Waals surface area contributed by atoms with Gasteiger partial charge in [-0.2, -0.15) is 0 Å². The maximum Gasteiger partial charge on any atom is 0.245 e. The first-order valence-electron chi connectivity index (χ1n) is 18.6. The minimum atomic E-state index is -0.748. The molecule has 0 spiro atoms. The van der Waals surface area contributed by atoms with E-state index in [0.717, 1.165) is 18.4 Å². The zero-order chi connectivity index (χ0) is 38.6. The van der Waals surface area contributed by atoms with E-state index in [9.17, 15) is 24.3 Å². The molecule has 1 aliphatic heterocycles. The van der Waals surface area contributed by atoms with E-state index in [1.54, 1.807) is 38.3 Å². The van der Waals surface area contributed by atoms with Gasteiger partial charge in [-0.3, -0.25) is 24.1 Å². The number of carbonyl (C=O) groups excluding carboxylic acids is 4. The summed E-state index contributed by atoms with van der Waals surface area (Å²) in [6, 6.07) is 5.05. The van der Waals surface area contributed by atoms with E-state index >= 15 is 0 Å². The Morgan fingerprint density at radius 2 is 1.57 bits per heavy atom. The lowest BCUT2D eigenvalue weighted by atomic mass is 9.89. The number of aromatic hydroxyl groups is 1. The van der Waals surface area contributed by atoms with Crippen LogP contribution in [0.4, 0.5) is 0 Å². The fourth-order valence-electron chi connectivity index (χ4n) is 7.56. The smallest absolute Gasteiger partial charge is 0.245 e. The summed E-state index contributed by atoms with van der Waals surface area (Å²) in [5.74, 6) is -1.09. The molecular weight excluding hydrogens is 650 g/mol. The largest absolute Gasteiger partial charge is 0.508 e. The lowest BCUT2D eigenvalue weighted by Gasteiger charge is -2.41. The zero-order valence-corrected chi connectivity index (χ0v) is 33.3. The number of nitrogens with zero attached hydrogens (tertiary/aromatic N) is 3. The van der Waals surface area contributed by atoms with Crippen LogP contribution in [0.25, 0.3) is 0 Å². The van der Waals surface area contributed by atoms with Gasteiger partial charge in [0, 0.05) is 34.4 Å². The maximum absolute atomic E-state index is 14.2. The topological polar surface area (TPSA) is 141 Å². The maximum atomic E-state index is 14.2. The van der Waals surface area contributed by atoms with E-state index in [1.807, 2.05) is 77.6 Å². The van der Waals surface area contributed by atoms with Gasteiger partial charge >= 0.3 is 0 Å². The van der Waals surface area contributed by atoms with Crippen LogP contribution in [0.2, 0.25) is 0 Å². The summed E-state index contributed by atoms with van der Waals surface area (Å²) in [5, 5.41) is 15.6. The predicted molar refractivity (Wildman–Crippen MR) is 200 cm³/mol. The second-order valence-electron chi connectivity index (χ2n) is 15.2. The van der Waals surface area contributed by atoms with E-state index < -0.39 is 30.2 Å². The Kier molecular flexibility index (Phi) is 17.9. The Balaban J connectivity index is 2.21. The van der Waals surface area contributed by atoms with Gasteiger partial charge in [0.05, 0.1) is 42.7 Å². The standard InChI is InChI=1S/C39H67N5O7/c1-13-26(6)35(43(10)39(49)33(24(2)3)41-38(48)34(25(4)5)42(8)9)31(50-11)23-32(46)44-22-14-15-30(44)36(51-12)27(7)37(47)40-21-20-28-16-18-29(45)19-17-28/h16-19,24-27,30-31,33-36,45H,13-15,20-23H2,1-12H3,(H,40,47)(H,41,48)/t26-,27+,30-,31+,33-,34-,35-,36+/m0/s1. The molecule has 0 unspecified atom stereocenters. The van der Waals surface area contributed by atoms with Gasteiger partial charge in [0.15, 0.2) is 0 Å². The van der Waals surface area contributed by atoms with Gasteiger partial charge in [0.1, 0.15) is 11.8 Å². The van der Waals surface area contributed by atoms with Crippen molar-refractivity contribution in [3.05, 3.63) is 29.8 Å². The van der Waals surface area contributed by atoms with Gasteiger partial charge in [-0.1, -0.05) is 67.0 Å². The van der Waals surface area contributed by atoms with Crippen LogP contribution >= 0.6 is 0 Å². The van der Waals surface area contributed by atoms with Crippen LogP contribution in [0.3, 0.4) is 0 Å². The third kappa shape index (κ3) is 11.9. The molecule has 1 aromatic carbocycles. The molecule has 8 atom stereocenters. The highest BCUT2D eigenvalue weighted by Crippen LogP contribution is 2.29. The molecular formula is C39H67N5O7. The van der Waals surface area contributed by atoms with Crippen LogP contribution in [0.5, 0.6) is 5.75 Å². The highest BCUT2D eigenvalue weighted by Gasteiger charge is 2.43. The summed E-state index contributed by atoms with van der Waals surface area (Å²) < 4.78 is 11.9. The summed E-state index contributed by atoms with van der Waals surface area (Å²) in [5.41, 5.74) is 1.00. The lowest BCUT2D eigenvalue weighted by molar-refractivity contribution is -0.148. The summed E-state index contributed by atoms with van der Waals surface area (Å²) in [6.45, 7) is 14.7. The fourth-order valence-corrected chi connectivity index (χ4v) is 7.56. The molecule has 12 nitrogen and oxygen atoms in total. The average molecular weight is 718 g/mol. The number of nitrogens with one attached hydrogen (secondary N) is 2. The molecule has 0 bridgehead atoms. The number of hydrogen-bond donors (Lipinski definition) is 3. The average Bonchev–Trinajstić information content (AvgIpc) is 3.56. The van der Waals surface area contributed by atoms with Crippen LogP contribution in [-0.4, -0.2) is 128 Å².